The van der Waals surface area contributed by atoms with E-state index in [4.69, 9.17) is 9.72 Å². The number of imidazole rings is 1. The number of nitrogens with zero attached hydrogens (tertiary/aromatic N) is 3. The third-order valence-electron chi connectivity index (χ3n) is 6.02. The minimum atomic E-state index is -0.279. The van der Waals surface area contributed by atoms with Gasteiger partial charge in [-0.05, 0) is 43.4 Å². The van der Waals surface area contributed by atoms with E-state index in [0.717, 1.165) is 35.3 Å². The lowest BCUT2D eigenvalue weighted by atomic mass is 10.1. The summed E-state index contributed by atoms with van der Waals surface area (Å²) < 4.78 is 7.62. The Labute approximate surface area is 207 Å². The molecule has 1 unspecified atom stereocenters. The van der Waals surface area contributed by atoms with Gasteiger partial charge in [-0.3, -0.25) is 19.5 Å². The standard InChI is InChI=1S/C28H34N4O3/c1-20(2)15-27(34)31(17-24-13-8-14-35-24)19-26(33)30-28-29-25(22-10-5-4-6-11-22)18-32(28)23-12-7-9-21(3)16-23/h4-7,9-12,16,18,20,24H,8,13-15,17,19H2,1-3H3,(H,29,30,33). The topological polar surface area (TPSA) is 76.5 Å². The molecule has 1 aromatic heterocycles. The highest BCUT2D eigenvalue weighted by molar-refractivity contribution is 5.94. The van der Waals surface area contributed by atoms with E-state index in [0.29, 0.717) is 25.5 Å². The SMILES string of the molecule is Cc1cccc(-n2cc(-c3ccccc3)nc2NC(=O)CN(CC2CCCO2)C(=O)CC(C)C)c1. The number of hydrogen-bond donors (Lipinski definition) is 1. The summed E-state index contributed by atoms with van der Waals surface area (Å²) in [5, 5.41) is 2.96. The molecular weight excluding hydrogens is 440 g/mol. The molecule has 1 aliphatic heterocycles. The molecule has 1 aliphatic rings. The van der Waals surface area contributed by atoms with Gasteiger partial charge < -0.3 is 9.64 Å². The number of benzene rings is 2. The van der Waals surface area contributed by atoms with Crippen molar-refractivity contribution in [3.63, 3.8) is 0 Å². The van der Waals surface area contributed by atoms with Gasteiger partial charge in [-0.25, -0.2) is 4.98 Å². The van der Waals surface area contributed by atoms with Crippen LogP contribution in [-0.4, -0.2) is 52.1 Å². The smallest absolute Gasteiger partial charge is 0.246 e. The van der Waals surface area contributed by atoms with Crippen molar-refractivity contribution in [1.82, 2.24) is 14.5 Å². The van der Waals surface area contributed by atoms with E-state index in [1.165, 1.54) is 0 Å². The zero-order valence-electron chi connectivity index (χ0n) is 20.7. The Morgan fingerprint density at radius 1 is 1.17 bits per heavy atom. The molecule has 1 N–H and O–H groups in total. The summed E-state index contributed by atoms with van der Waals surface area (Å²) in [5.41, 5.74) is 3.73. The first kappa shape index (κ1) is 24.7. The van der Waals surface area contributed by atoms with Crippen molar-refractivity contribution in [2.75, 3.05) is 25.0 Å². The maximum absolute atomic E-state index is 13.2. The van der Waals surface area contributed by atoms with Gasteiger partial charge in [-0.2, -0.15) is 0 Å². The molecule has 2 aromatic carbocycles. The zero-order chi connectivity index (χ0) is 24.8. The lowest BCUT2D eigenvalue weighted by molar-refractivity contribution is -0.136. The van der Waals surface area contributed by atoms with Crippen LogP contribution in [-0.2, 0) is 14.3 Å². The number of aromatic nitrogens is 2. The number of anilines is 1. The van der Waals surface area contributed by atoms with Gasteiger partial charge in [0.15, 0.2) is 0 Å². The van der Waals surface area contributed by atoms with Gasteiger partial charge in [0.1, 0.15) is 6.54 Å². The molecule has 0 saturated carbocycles. The van der Waals surface area contributed by atoms with Gasteiger partial charge in [0.2, 0.25) is 17.8 Å². The molecule has 7 heteroatoms. The molecule has 3 aromatic rings. The fraction of sp³-hybridized carbons (Fsp3) is 0.393. The second-order valence-corrected chi connectivity index (χ2v) is 9.58. The van der Waals surface area contributed by atoms with Crippen LogP contribution in [0.2, 0.25) is 0 Å². The molecule has 184 valence electrons. The summed E-state index contributed by atoms with van der Waals surface area (Å²) in [4.78, 5) is 32.5. The van der Waals surface area contributed by atoms with E-state index >= 15 is 0 Å². The van der Waals surface area contributed by atoms with Crippen molar-refractivity contribution in [3.05, 3.63) is 66.4 Å². The van der Waals surface area contributed by atoms with Crippen LogP contribution in [0.15, 0.2) is 60.8 Å². The molecule has 35 heavy (non-hydrogen) atoms. The summed E-state index contributed by atoms with van der Waals surface area (Å²) in [5.74, 6) is 0.330. The van der Waals surface area contributed by atoms with E-state index in [-0.39, 0.29) is 30.4 Å². The summed E-state index contributed by atoms with van der Waals surface area (Å²) in [6.07, 6.45) is 4.20. The molecule has 0 bridgehead atoms. The van der Waals surface area contributed by atoms with Gasteiger partial charge >= 0.3 is 0 Å². The Morgan fingerprint density at radius 3 is 2.66 bits per heavy atom. The Hall–Kier alpha value is -3.45. The van der Waals surface area contributed by atoms with Crippen molar-refractivity contribution in [2.45, 2.75) is 46.1 Å². The van der Waals surface area contributed by atoms with Gasteiger partial charge in [-0.15, -0.1) is 0 Å². The first-order chi connectivity index (χ1) is 16.9. The van der Waals surface area contributed by atoms with Crippen LogP contribution in [0.25, 0.3) is 16.9 Å². The van der Waals surface area contributed by atoms with Crippen LogP contribution >= 0.6 is 0 Å². The first-order valence-electron chi connectivity index (χ1n) is 12.3. The highest BCUT2D eigenvalue weighted by Crippen LogP contribution is 2.25. The molecule has 7 nitrogen and oxygen atoms in total. The molecule has 1 saturated heterocycles. The van der Waals surface area contributed by atoms with Crippen LogP contribution in [0.4, 0.5) is 5.95 Å². The van der Waals surface area contributed by atoms with Crippen LogP contribution in [0.3, 0.4) is 0 Å². The predicted molar refractivity (Wildman–Crippen MR) is 137 cm³/mol. The molecule has 1 fully saturated rings. The molecule has 1 atom stereocenters. The van der Waals surface area contributed by atoms with Crippen molar-refractivity contribution in [1.29, 1.82) is 0 Å². The molecule has 0 aliphatic carbocycles. The number of carbonyl (C=O) groups is 2. The van der Waals surface area contributed by atoms with Gasteiger partial charge in [0, 0.05) is 37.0 Å². The minimum Gasteiger partial charge on any atom is -0.376 e. The normalized spacial score (nSPS) is 15.4. The number of rotatable bonds is 9. The van der Waals surface area contributed by atoms with Gasteiger partial charge in [0.25, 0.3) is 0 Å². The van der Waals surface area contributed by atoms with E-state index in [9.17, 15) is 9.59 Å². The summed E-state index contributed by atoms with van der Waals surface area (Å²) in [6, 6.07) is 17.9. The first-order valence-corrected chi connectivity index (χ1v) is 12.3. The lowest BCUT2D eigenvalue weighted by Gasteiger charge is -2.25. The average molecular weight is 475 g/mol. The third-order valence-corrected chi connectivity index (χ3v) is 6.02. The lowest BCUT2D eigenvalue weighted by Crippen LogP contribution is -2.42. The van der Waals surface area contributed by atoms with Crippen LogP contribution in [0, 0.1) is 12.8 Å². The predicted octanol–water partition coefficient (Wildman–Crippen LogP) is 4.84. The van der Waals surface area contributed by atoms with Gasteiger partial charge in [0.05, 0.1) is 11.8 Å². The third kappa shape index (κ3) is 6.57. The Bertz CT molecular complexity index is 1150. The highest BCUT2D eigenvalue weighted by Gasteiger charge is 2.25. The Balaban J connectivity index is 1.57. The van der Waals surface area contributed by atoms with E-state index < -0.39 is 0 Å². The molecule has 4 rings (SSSR count). The van der Waals surface area contributed by atoms with E-state index in [1.54, 1.807) is 4.90 Å². The molecular formula is C28H34N4O3. The van der Waals surface area contributed by atoms with Crippen molar-refractivity contribution < 1.29 is 14.3 Å². The van der Waals surface area contributed by atoms with E-state index in [2.05, 4.69) is 5.32 Å². The van der Waals surface area contributed by atoms with Crippen molar-refractivity contribution >= 4 is 17.8 Å². The number of aryl methyl sites for hydroxylation is 1. The van der Waals surface area contributed by atoms with Crippen LogP contribution in [0.1, 0.15) is 38.7 Å². The molecule has 2 heterocycles. The van der Waals surface area contributed by atoms with Crippen LogP contribution < -0.4 is 5.32 Å². The minimum absolute atomic E-state index is 0.0159. The monoisotopic (exact) mass is 474 g/mol. The summed E-state index contributed by atoms with van der Waals surface area (Å²) >= 11 is 0. The van der Waals surface area contributed by atoms with Gasteiger partial charge in [-0.1, -0.05) is 56.3 Å². The fourth-order valence-electron chi connectivity index (χ4n) is 4.30. The maximum Gasteiger partial charge on any atom is 0.246 e. The fourth-order valence-corrected chi connectivity index (χ4v) is 4.30. The van der Waals surface area contributed by atoms with Crippen LogP contribution in [0.5, 0.6) is 0 Å². The quantitative estimate of drug-likeness (QED) is 0.481. The largest absolute Gasteiger partial charge is 0.376 e. The van der Waals surface area contributed by atoms with E-state index in [1.807, 2.05) is 86.1 Å². The average Bonchev–Trinajstić information content (AvgIpc) is 3.49. The second kappa shape index (κ2) is 11.3. The molecule has 0 radical (unpaired) electrons. The summed E-state index contributed by atoms with van der Waals surface area (Å²) in [6.45, 7) is 7.14. The zero-order valence-corrected chi connectivity index (χ0v) is 20.7. The Kier molecular flexibility index (Phi) is 7.98. The number of amides is 2. The highest BCUT2D eigenvalue weighted by atomic mass is 16.5. The van der Waals surface area contributed by atoms with Crippen molar-refractivity contribution in [2.24, 2.45) is 5.92 Å². The number of nitrogens with one attached hydrogen (secondary N) is 1. The Morgan fingerprint density at radius 2 is 1.97 bits per heavy atom. The van der Waals surface area contributed by atoms with Crippen molar-refractivity contribution in [3.8, 4) is 16.9 Å². The second-order valence-electron chi connectivity index (χ2n) is 9.58. The summed E-state index contributed by atoms with van der Waals surface area (Å²) in [7, 11) is 0. The molecule has 0 spiro atoms. The number of carbonyl (C=O) groups excluding carboxylic acids is 2. The number of hydrogen-bond acceptors (Lipinski definition) is 4. The molecule has 2 amide bonds. The maximum atomic E-state index is 13.2. The number of ether oxygens (including phenoxy) is 1.